The minimum absolute atomic E-state index is 0.416. The predicted molar refractivity (Wildman–Crippen MR) is 41.2 cm³/mol. The Labute approximate surface area is 64.8 Å². The maximum Gasteiger partial charge on any atom is 0.319 e. The van der Waals surface area contributed by atoms with Crippen molar-refractivity contribution < 1.29 is 14.6 Å². The van der Waals surface area contributed by atoms with E-state index in [1.807, 2.05) is 0 Å². The average Bonchev–Trinajstić information content (AvgIpc) is 1.84. The van der Waals surface area contributed by atoms with Crippen LogP contribution in [0, 0.1) is 0 Å². The number of hydrogen-bond acceptors (Lipinski definition) is 3. The molecule has 0 aliphatic heterocycles. The summed E-state index contributed by atoms with van der Waals surface area (Å²) in [6, 6.07) is 0. The van der Waals surface area contributed by atoms with Crippen molar-refractivity contribution in [3.8, 4) is 0 Å². The van der Waals surface area contributed by atoms with Crippen molar-refractivity contribution in [3.63, 3.8) is 0 Å². The highest BCUT2D eigenvalue weighted by molar-refractivity contribution is 8.01. The fraction of sp³-hybridized carbons (Fsp3) is 0.833. The Kier molecular flexibility index (Phi) is 3.75. The number of ether oxygens (including phenoxy) is 1. The first-order valence-corrected chi connectivity index (χ1v) is 3.85. The van der Waals surface area contributed by atoms with Crippen LogP contribution in [-0.2, 0) is 9.53 Å². The summed E-state index contributed by atoms with van der Waals surface area (Å²) < 4.78 is 3.99. The van der Waals surface area contributed by atoms with Gasteiger partial charge in [0.25, 0.3) is 0 Å². The number of thioether (sulfide) groups is 1. The molecular weight excluding hydrogens is 152 g/mol. The van der Waals surface area contributed by atoms with Crippen LogP contribution in [0.25, 0.3) is 0 Å². The van der Waals surface area contributed by atoms with Crippen LogP contribution in [0.2, 0.25) is 0 Å². The first-order chi connectivity index (χ1) is 4.50. The second kappa shape index (κ2) is 3.83. The van der Waals surface area contributed by atoms with E-state index in [0.29, 0.717) is 5.94 Å². The molecule has 0 aromatic carbocycles. The predicted octanol–water partition coefficient (Wildman–Crippen LogP) is 1.19. The van der Waals surface area contributed by atoms with Crippen LogP contribution in [0.15, 0.2) is 0 Å². The lowest BCUT2D eigenvalue weighted by atomic mass is 10.2. The van der Waals surface area contributed by atoms with Gasteiger partial charge >= 0.3 is 5.97 Å². The molecule has 0 spiro atoms. The quantitative estimate of drug-likeness (QED) is 0.634. The molecule has 0 atom stereocenters. The molecule has 0 aliphatic rings. The first kappa shape index (κ1) is 9.78. The van der Waals surface area contributed by atoms with Gasteiger partial charge in [-0.05, 0) is 13.8 Å². The lowest BCUT2D eigenvalue weighted by Crippen LogP contribution is -2.27. The Bertz CT molecular complexity index is 122. The standard InChI is InChI=1S/C6H12O3S/c1-6(2,5(7)8)10-4-9-3/h4H2,1-3H3,(H,7,8). The molecule has 0 saturated heterocycles. The van der Waals surface area contributed by atoms with Gasteiger partial charge in [-0.3, -0.25) is 4.79 Å². The SMILES string of the molecule is COCSC(C)(C)C(=O)O. The molecular formula is C6H12O3S. The van der Waals surface area contributed by atoms with E-state index in [-0.39, 0.29) is 0 Å². The molecule has 0 rings (SSSR count). The molecule has 0 heterocycles. The van der Waals surface area contributed by atoms with Gasteiger partial charge in [0.1, 0.15) is 4.75 Å². The van der Waals surface area contributed by atoms with Crippen molar-refractivity contribution in [2.24, 2.45) is 0 Å². The highest BCUT2D eigenvalue weighted by atomic mass is 32.2. The minimum Gasteiger partial charge on any atom is -0.480 e. The molecule has 0 saturated carbocycles. The second-order valence-corrected chi connectivity index (χ2v) is 3.91. The molecule has 4 heteroatoms. The zero-order valence-corrected chi connectivity index (χ0v) is 7.20. The normalized spacial score (nSPS) is 11.5. The van der Waals surface area contributed by atoms with E-state index >= 15 is 0 Å². The number of carboxylic acids is 1. The van der Waals surface area contributed by atoms with E-state index in [2.05, 4.69) is 0 Å². The monoisotopic (exact) mass is 164 g/mol. The molecule has 1 N–H and O–H groups in total. The Balaban J connectivity index is 3.75. The van der Waals surface area contributed by atoms with Crippen LogP contribution in [0.3, 0.4) is 0 Å². The molecule has 0 aliphatic carbocycles. The summed E-state index contributed by atoms with van der Waals surface area (Å²) in [5, 5.41) is 8.59. The van der Waals surface area contributed by atoms with Crippen LogP contribution in [0.5, 0.6) is 0 Å². The average molecular weight is 164 g/mol. The maximum absolute atomic E-state index is 10.5. The summed E-state index contributed by atoms with van der Waals surface area (Å²) in [7, 11) is 1.55. The molecule has 0 bridgehead atoms. The molecule has 3 nitrogen and oxygen atoms in total. The molecule has 0 aromatic heterocycles. The lowest BCUT2D eigenvalue weighted by molar-refractivity contribution is -0.138. The summed E-state index contributed by atoms with van der Waals surface area (Å²) in [4.78, 5) is 10.5. The van der Waals surface area contributed by atoms with Crippen molar-refractivity contribution in [3.05, 3.63) is 0 Å². The van der Waals surface area contributed by atoms with Gasteiger partial charge in [0, 0.05) is 7.11 Å². The zero-order valence-electron chi connectivity index (χ0n) is 6.38. The molecule has 0 unspecified atom stereocenters. The highest BCUT2D eigenvalue weighted by Crippen LogP contribution is 2.23. The third-order valence-electron chi connectivity index (χ3n) is 1.05. The van der Waals surface area contributed by atoms with Gasteiger partial charge in [-0.15, -0.1) is 11.8 Å². The van der Waals surface area contributed by atoms with Gasteiger partial charge < -0.3 is 9.84 Å². The number of methoxy groups -OCH3 is 1. The Morgan fingerprint density at radius 3 is 2.50 bits per heavy atom. The van der Waals surface area contributed by atoms with E-state index in [4.69, 9.17) is 9.84 Å². The van der Waals surface area contributed by atoms with Crippen LogP contribution >= 0.6 is 11.8 Å². The van der Waals surface area contributed by atoms with E-state index in [0.717, 1.165) is 0 Å². The third-order valence-corrected chi connectivity index (χ3v) is 2.30. The highest BCUT2D eigenvalue weighted by Gasteiger charge is 2.27. The molecule has 0 aromatic rings. The summed E-state index contributed by atoms with van der Waals surface area (Å²) >= 11 is 1.27. The van der Waals surface area contributed by atoms with Crippen molar-refractivity contribution in [1.29, 1.82) is 0 Å². The fourth-order valence-corrected chi connectivity index (χ4v) is 0.804. The van der Waals surface area contributed by atoms with Gasteiger partial charge in [0.2, 0.25) is 0 Å². The largest absolute Gasteiger partial charge is 0.480 e. The zero-order chi connectivity index (χ0) is 8.20. The fourth-order valence-electron chi connectivity index (χ4n) is 0.268. The van der Waals surface area contributed by atoms with E-state index in [1.165, 1.54) is 11.8 Å². The molecule has 0 fully saturated rings. The van der Waals surface area contributed by atoms with Gasteiger partial charge in [0.15, 0.2) is 0 Å². The Morgan fingerprint density at radius 1 is 1.70 bits per heavy atom. The number of aliphatic carboxylic acids is 1. The van der Waals surface area contributed by atoms with Gasteiger partial charge in [-0.25, -0.2) is 0 Å². The van der Waals surface area contributed by atoms with Crippen LogP contribution < -0.4 is 0 Å². The van der Waals surface area contributed by atoms with E-state index in [9.17, 15) is 4.79 Å². The maximum atomic E-state index is 10.5. The van der Waals surface area contributed by atoms with Crippen LogP contribution in [0.4, 0.5) is 0 Å². The first-order valence-electron chi connectivity index (χ1n) is 2.87. The number of hydrogen-bond donors (Lipinski definition) is 1. The molecule has 0 amide bonds. The lowest BCUT2D eigenvalue weighted by Gasteiger charge is -2.16. The van der Waals surface area contributed by atoms with E-state index < -0.39 is 10.7 Å². The molecule has 60 valence electrons. The van der Waals surface area contributed by atoms with Gasteiger partial charge in [0.05, 0.1) is 5.94 Å². The third kappa shape index (κ3) is 3.08. The molecule has 10 heavy (non-hydrogen) atoms. The topological polar surface area (TPSA) is 46.5 Å². The smallest absolute Gasteiger partial charge is 0.319 e. The summed E-state index contributed by atoms with van der Waals surface area (Å²) in [6.45, 7) is 3.30. The second-order valence-electron chi connectivity index (χ2n) is 2.37. The summed E-state index contributed by atoms with van der Waals surface area (Å²) in [5.74, 6) is -0.395. The van der Waals surface area contributed by atoms with Gasteiger partial charge in [-0.1, -0.05) is 0 Å². The summed E-state index contributed by atoms with van der Waals surface area (Å²) in [5.41, 5.74) is 0. The van der Waals surface area contributed by atoms with Crippen LogP contribution in [-0.4, -0.2) is 28.9 Å². The number of carboxylic acid groups (broad SMARTS) is 1. The van der Waals surface area contributed by atoms with Crippen molar-refractivity contribution in [2.45, 2.75) is 18.6 Å². The van der Waals surface area contributed by atoms with Crippen LogP contribution in [0.1, 0.15) is 13.8 Å². The van der Waals surface area contributed by atoms with Crippen molar-refractivity contribution in [1.82, 2.24) is 0 Å². The van der Waals surface area contributed by atoms with Crippen molar-refractivity contribution in [2.75, 3.05) is 13.0 Å². The Morgan fingerprint density at radius 2 is 2.20 bits per heavy atom. The van der Waals surface area contributed by atoms with Crippen molar-refractivity contribution >= 4 is 17.7 Å². The molecule has 0 radical (unpaired) electrons. The van der Waals surface area contributed by atoms with E-state index in [1.54, 1.807) is 21.0 Å². The number of rotatable bonds is 4. The minimum atomic E-state index is -0.811. The Hall–Kier alpha value is -0.220. The van der Waals surface area contributed by atoms with Gasteiger partial charge in [-0.2, -0.15) is 0 Å². The summed E-state index contributed by atoms with van der Waals surface area (Å²) in [6.07, 6.45) is 0. The number of carbonyl (C=O) groups is 1.